The summed E-state index contributed by atoms with van der Waals surface area (Å²) in [5.41, 5.74) is 2.31. The van der Waals surface area contributed by atoms with Gasteiger partial charge in [-0.3, -0.25) is 14.8 Å². The summed E-state index contributed by atoms with van der Waals surface area (Å²) in [5, 5.41) is 0.761. The first kappa shape index (κ1) is 26.5. The number of pyridine rings is 1. The first-order valence-corrected chi connectivity index (χ1v) is 10.4. The zero-order chi connectivity index (χ0) is 22.4. The predicted molar refractivity (Wildman–Crippen MR) is 120 cm³/mol. The number of amides is 2. The van der Waals surface area contributed by atoms with Crippen LogP contribution < -0.4 is 4.90 Å². The molecule has 7 nitrogen and oxygen atoms in total. The molecular formula is C23H24ClN4O3Y. The molecule has 0 aliphatic carbocycles. The van der Waals surface area contributed by atoms with E-state index in [4.69, 9.17) is 16.3 Å². The summed E-state index contributed by atoms with van der Waals surface area (Å²) in [6.07, 6.45) is 3.50. The minimum atomic E-state index is -0.614. The molecule has 164 valence electrons. The number of hydrogen-bond donors (Lipinski definition) is 0. The van der Waals surface area contributed by atoms with E-state index in [0.29, 0.717) is 18.9 Å². The van der Waals surface area contributed by atoms with E-state index in [2.05, 4.69) is 27.9 Å². The molecule has 2 aromatic rings. The molecule has 2 aliphatic rings. The number of aliphatic imine (C=N–C) groups is 1. The Balaban J connectivity index is 0.000000342. The van der Waals surface area contributed by atoms with Gasteiger partial charge in [-0.15, -0.1) is 0 Å². The number of anilines is 1. The zero-order valence-electron chi connectivity index (χ0n) is 18.1. The van der Waals surface area contributed by atoms with Crippen molar-refractivity contribution in [3.05, 3.63) is 65.8 Å². The van der Waals surface area contributed by atoms with Crippen molar-refractivity contribution in [1.82, 2.24) is 9.88 Å². The number of amidine groups is 1. The van der Waals surface area contributed by atoms with Crippen molar-refractivity contribution in [2.24, 2.45) is 10.9 Å². The molecule has 1 fully saturated rings. The van der Waals surface area contributed by atoms with Crippen LogP contribution in [0.25, 0.3) is 0 Å². The van der Waals surface area contributed by atoms with Crippen LogP contribution in [0, 0.1) is 18.9 Å². The van der Waals surface area contributed by atoms with Gasteiger partial charge in [-0.05, 0) is 29.3 Å². The number of carbonyl (C=O) groups excluding carboxylic acids is 2. The monoisotopic (exact) mass is 528 g/mol. The van der Waals surface area contributed by atoms with Crippen LogP contribution in [0.5, 0.6) is 0 Å². The predicted octanol–water partition coefficient (Wildman–Crippen LogP) is 2.92. The fraction of sp³-hybridized carbons (Fsp3) is 0.348. The van der Waals surface area contributed by atoms with Crippen LogP contribution in [-0.4, -0.2) is 60.4 Å². The van der Waals surface area contributed by atoms with E-state index >= 15 is 0 Å². The average molecular weight is 529 g/mol. The van der Waals surface area contributed by atoms with Gasteiger partial charge in [0.25, 0.3) is 0 Å². The van der Waals surface area contributed by atoms with Crippen molar-refractivity contribution in [2.75, 3.05) is 31.2 Å². The smallest absolute Gasteiger partial charge is 0.451 e. The Hall–Kier alpha value is -1.80. The van der Waals surface area contributed by atoms with Crippen molar-refractivity contribution in [1.29, 1.82) is 0 Å². The first-order chi connectivity index (χ1) is 14.9. The molecule has 4 rings (SSSR count). The second kappa shape index (κ2) is 12.4. The molecule has 9 heteroatoms. The summed E-state index contributed by atoms with van der Waals surface area (Å²) in [6, 6.07) is 11.6. The van der Waals surface area contributed by atoms with Gasteiger partial charge in [-0.1, -0.05) is 37.6 Å². The Morgan fingerprint density at radius 3 is 2.41 bits per heavy atom. The van der Waals surface area contributed by atoms with Gasteiger partial charge in [0.05, 0.1) is 25.7 Å². The Morgan fingerprint density at radius 2 is 1.91 bits per heavy atom. The summed E-state index contributed by atoms with van der Waals surface area (Å²) in [4.78, 5) is 34.9. The molecule has 3 heterocycles. The van der Waals surface area contributed by atoms with Crippen LogP contribution in [0.2, 0.25) is 5.02 Å². The van der Waals surface area contributed by atoms with Crippen LogP contribution in [0.15, 0.2) is 41.5 Å². The Labute approximate surface area is 219 Å². The fourth-order valence-electron chi connectivity index (χ4n) is 3.27. The number of benzene rings is 1. The standard InChI is InChI=1S/C16H18N4O3.C7H6Cl.Y/c1-11(2)14-16(22)18-15(20(14)10-21)13-4-3-12(9-17-13)19-5-7-23-8-6-19;1-6-2-4-7(8)5-3-6;/h3,9,11,14H,5-8H2,1-2H3;2-5H,1H2;/q-2;-1;+3. The summed E-state index contributed by atoms with van der Waals surface area (Å²) in [6.45, 7) is 10.4. The van der Waals surface area contributed by atoms with E-state index in [1.807, 2.05) is 38.1 Å². The second-order valence-electron chi connectivity index (χ2n) is 7.47. The van der Waals surface area contributed by atoms with E-state index in [1.165, 1.54) is 4.90 Å². The molecule has 2 amide bonds. The minimum absolute atomic E-state index is 0. The van der Waals surface area contributed by atoms with Crippen molar-refractivity contribution in [3.63, 3.8) is 0 Å². The number of hydrogen-bond acceptors (Lipinski definition) is 5. The van der Waals surface area contributed by atoms with Gasteiger partial charge in [0, 0.05) is 18.1 Å². The Morgan fingerprint density at radius 1 is 1.25 bits per heavy atom. The molecule has 0 N–H and O–H groups in total. The fourth-order valence-corrected chi connectivity index (χ4v) is 3.39. The third-order valence-corrected chi connectivity index (χ3v) is 5.14. The van der Waals surface area contributed by atoms with Crippen LogP contribution in [0.1, 0.15) is 25.1 Å². The average Bonchev–Trinajstić information content (AvgIpc) is 3.13. The number of rotatable bonds is 4. The minimum Gasteiger partial charge on any atom is -0.451 e. The number of ether oxygens (including phenoxy) is 1. The van der Waals surface area contributed by atoms with Crippen LogP contribution in [0.3, 0.4) is 0 Å². The molecule has 32 heavy (non-hydrogen) atoms. The summed E-state index contributed by atoms with van der Waals surface area (Å²) >= 11 is 5.58. The maximum Gasteiger partial charge on any atom is 3.00 e. The summed E-state index contributed by atoms with van der Waals surface area (Å²) < 4.78 is 5.32. The van der Waals surface area contributed by atoms with E-state index in [1.54, 1.807) is 18.7 Å². The Kier molecular flexibility index (Phi) is 10.3. The van der Waals surface area contributed by atoms with Crippen molar-refractivity contribution >= 4 is 35.4 Å². The van der Waals surface area contributed by atoms with Gasteiger partial charge in [-0.25, -0.2) is 0 Å². The largest absolute Gasteiger partial charge is 3.00 e. The van der Waals surface area contributed by atoms with E-state index in [-0.39, 0.29) is 50.4 Å². The third-order valence-electron chi connectivity index (χ3n) is 4.89. The van der Waals surface area contributed by atoms with Gasteiger partial charge in [0.15, 0.2) is 0 Å². The molecule has 0 radical (unpaired) electrons. The van der Waals surface area contributed by atoms with Gasteiger partial charge < -0.3 is 19.3 Å². The van der Waals surface area contributed by atoms with E-state index < -0.39 is 6.04 Å². The van der Waals surface area contributed by atoms with E-state index in [0.717, 1.165) is 29.4 Å². The molecule has 1 atom stereocenters. The number of nitrogens with zero attached hydrogens (tertiary/aromatic N) is 4. The number of aromatic nitrogens is 1. The molecule has 1 aromatic heterocycles. The number of carbonyl (C=O) groups is 1. The quantitative estimate of drug-likeness (QED) is 0.571. The molecule has 2 aliphatic heterocycles. The van der Waals surface area contributed by atoms with Crippen molar-refractivity contribution < 1.29 is 47.0 Å². The summed E-state index contributed by atoms with van der Waals surface area (Å²) in [5.74, 6) is -0.166. The molecule has 1 unspecified atom stereocenters. The number of halogens is 1. The maximum absolute atomic E-state index is 12.0. The SMILES string of the molecule is CC(C)C1C(=O)N=C(c2[c-]cc(N3CCOCC3)cn2)N1[C-]=O.[CH2-]c1ccc(Cl)cc1.[Y+3]. The van der Waals surface area contributed by atoms with Gasteiger partial charge in [0.1, 0.15) is 0 Å². The molecular weight excluding hydrogens is 505 g/mol. The topological polar surface area (TPSA) is 75.1 Å². The molecule has 0 saturated carbocycles. The van der Waals surface area contributed by atoms with Crippen LogP contribution in [-0.2, 0) is 47.0 Å². The van der Waals surface area contributed by atoms with Crippen molar-refractivity contribution in [3.8, 4) is 0 Å². The normalized spacial score (nSPS) is 17.9. The molecule has 0 bridgehead atoms. The van der Waals surface area contributed by atoms with Gasteiger partial charge in [-0.2, -0.15) is 36.8 Å². The number of morpholine rings is 1. The Bertz CT molecular complexity index is 908. The van der Waals surface area contributed by atoms with Gasteiger partial charge in [0.2, 0.25) is 5.91 Å². The van der Waals surface area contributed by atoms with E-state index in [9.17, 15) is 9.59 Å². The molecule has 1 aromatic carbocycles. The molecule has 0 spiro atoms. The third kappa shape index (κ3) is 6.61. The molecule has 1 saturated heterocycles. The summed E-state index contributed by atoms with van der Waals surface area (Å²) in [7, 11) is 0. The zero-order valence-corrected chi connectivity index (χ0v) is 21.7. The second-order valence-corrected chi connectivity index (χ2v) is 7.91. The van der Waals surface area contributed by atoms with Crippen LogP contribution in [0.4, 0.5) is 5.69 Å². The maximum atomic E-state index is 12.0. The van der Waals surface area contributed by atoms with Crippen molar-refractivity contribution in [2.45, 2.75) is 19.9 Å². The first-order valence-electron chi connectivity index (χ1n) is 9.98. The van der Waals surface area contributed by atoms with Gasteiger partial charge >= 0.3 is 32.7 Å². The van der Waals surface area contributed by atoms with Crippen LogP contribution >= 0.6 is 11.6 Å².